The van der Waals surface area contributed by atoms with Crippen LogP contribution in [0.25, 0.3) is 11.2 Å². The first-order valence-corrected chi connectivity index (χ1v) is 11.2. The summed E-state index contributed by atoms with van der Waals surface area (Å²) in [4.78, 5) is 12.4. The first-order valence-electron chi connectivity index (χ1n) is 9.14. The minimum absolute atomic E-state index is 0.144. The minimum Gasteiger partial charge on any atom is -0.382 e. The Morgan fingerprint density at radius 3 is 3.10 bits per heavy atom. The Kier molecular flexibility index (Phi) is 5.85. The first kappa shape index (κ1) is 20.3. The zero-order valence-corrected chi connectivity index (χ0v) is 17.4. The molecular formula is C18H21ClN5O4P. The van der Waals surface area contributed by atoms with Crippen LogP contribution in [0.1, 0.15) is 25.0 Å². The lowest BCUT2D eigenvalue weighted by Gasteiger charge is -2.30. The van der Waals surface area contributed by atoms with E-state index in [0.29, 0.717) is 41.6 Å². The van der Waals surface area contributed by atoms with Crippen molar-refractivity contribution in [3.05, 3.63) is 47.5 Å². The molecule has 1 aromatic carbocycles. The second-order valence-electron chi connectivity index (χ2n) is 6.82. The molecule has 3 aromatic rings. The molecule has 1 aliphatic rings. The molecule has 4 rings (SSSR count). The topological polar surface area (TPSA) is 114 Å². The second-order valence-corrected chi connectivity index (χ2v) is 9.20. The van der Waals surface area contributed by atoms with E-state index in [1.54, 1.807) is 12.4 Å². The van der Waals surface area contributed by atoms with E-state index in [1.165, 1.54) is 6.33 Å². The van der Waals surface area contributed by atoms with Crippen molar-refractivity contribution in [1.82, 2.24) is 19.5 Å². The van der Waals surface area contributed by atoms with Gasteiger partial charge in [-0.3, -0.25) is 9.09 Å². The number of fused-ring (bicyclic) bond motifs is 1. The minimum atomic E-state index is -3.39. The van der Waals surface area contributed by atoms with Crippen molar-refractivity contribution in [2.24, 2.45) is 0 Å². The van der Waals surface area contributed by atoms with Gasteiger partial charge in [0.25, 0.3) is 0 Å². The molecule has 9 nitrogen and oxygen atoms in total. The zero-order valence-electron chi connectivity index (χ0n) is 15.8. The van der Waals surface area contributed by atoms with Crippen molar-refractivity contribution >= 4 is 36.2 Å². The van der Waals surface area contributed by atoms with Crippen LogP contribution in [0.2, 0.25) is 5.02 Å². The summed E-state index contributed by atoms with van der Waals surface area (Å²) < 4.78 is 31.8. The van der Waals surface area contributed by atoms with Crippen molar-refractivity contribution in [3.8, 4) is 0 Å². The largest absolute Gasteiger partial charge is 0.382 e. The molecule has 2 aromatic heterocycles. The van der Waals surface area contributed by atoms with Crippen LogP contribution in [0.4, 0.5) is 5.82 Å². The number of nitrogens with zero attached hydrogens (tertiary/aromatic N) is 4. The highest BCUT2D eigenvalue weighted by molar-refractivity contribution is 7.53. The van der Waals surface area contributed by atoms with Gasteiger partial charge in [-0.1, -0.05) is 23.7 Å². The van der Waals surface area contributed by atoms with E-state index in [4.69, 9.17) is 31.1 Å². The number of anilines is 1. The van der Waals surface area contributed by atoms with Gasteiger partial charge in [0.2, 0.25) is 0 Å². The monoisotopic (exact) mass is 437 g/mol. The van der Waals surface area contributed by atoms with Gasteiger partial charge in [0.05, 0.1) is 31.7 Å². The zero-order chi connectivity index (χ0) is 20.4. The highest BCUT2D eigenvalue weighted by Crippen LogP contribution is 2.56. The van der Waals surface area contributed by atoms with Crippen LogP contribution in [-0.4, -0.2) is 38.6 Å². The standard InChI is InChI=1S/C18H21ClN5O4P/c1-12(8-24-10-23-16-17(20)21-9-22-18(16)24)26-11-29(25)27-6-5-15(28-29)13-3-2-4-14(19)7-13/h2-4,7,9-10,12,15H,5-6,8,11H2,1H3,(H2,20,21,22)/t12-,15?,29?/m1/s1. The van der Waals surface area contributed by atoms with Crippen LogP contribution in [0, 0.1) is 0 Å². The summed E-state index contributed by atoms with van der Waals surface area (Å²) in [5.74, 6) is 0.322. The van der Waals surface area contributed by atoms with Crippen molar-refractivity contribution in [1.29, 1.82) is 0 Å². The van der Waals surface area contributed by atoms with Crippen LogP contribution in [0.5, 0.6) is 0 Å². The van der Waals surface area contributed by atoms with Gasteiger partial charge < -0.3 is 19.6 Å². The Labute approximate surface area is 172 Å². The van der Waals surface area contributed by atoms with Gasteiger partial charge in [-0.15, -0.1) is 0 Å². The molecule has 0 bridgehead atoms. The molecule has 1 fully saturated rings. The molecule has 0 saturated carbocycles. The molecule has 0 aliphatic carbocycles. The van der Waals surface area contributed by atoms with Gasteiger partial charge in [-0.05, 0) is 24.6 Å². The molecule has 11 heteroatoms. The van der Waals surface area contributed by atoms with Crippen molar-refractivity contribution in [2.45, 2.75) is 32.1 Å². The average molecular weight is 438 g/mol. The third-order valence-corrected chi connectivity index (χ3v) is 6.43. The molecular weight excluding hydrogens is 417 g/mol. The van der Waals surface area contributed by atoms with Crippen LogP contribution in [0.3, 0.4) is 0 Å². The molecule has 3 heterocycles. The first-order chi connectivity index (χ1) is 13.9. The fraction of sp³-hybridized carbons (Fsp3) is 0.389. The highest BCUT2D eigenvalue weighted by Gasteiger charge is 2.35. The smallest absolute Gasteiger partial charge is 0.356 e. The third kappa shape index (κ3) is 4.60. The Hall–Kier alpha value is -2.03. The van der Waals surface area contributed by atoms with Gasteiger partial charge in [-0.25, -0.2) is 15.0 Å². The summed E-state index contributed by atoms with van der Waals surface area (Å²) in [5.41, 5.74) is 7.83. The molecule has 1 aliphatic heterocycles. The van der Waals surface area contributed by atoms with Crippen molar-refractivity contribution in [2.75, 3.05) is 18.7 Å². The number of nitrogens with two attached hydrogens (primary N) is 1. The third-order valence-electron chi connectivity index (χ3n) is 4.58. The van der Waals surface area contributed by atoms with E-state index in [0.717, 1.165) is 5.56 Å². The molecule has 0 amide bonds. The van der Waals surface area contributed by atoms with Crippen LogP contribution in [0.15, 0.2) is 36.9 Å². The fourth-order valence-corrected chi connectivity index (χ4v) is 4.99. The Morgan fingerprint density at radius 1 is 1.41 bits per heavy atom. The van der Waals surface area contributed by atoms with Crippen LogP contribution in [-0.2, 0) is 24.9 Å². The van der Waals surface area contributed by atoms with E-state index in [1.807, 2.05) is 29.7 Å². The SMILES string of the molecule is C[C@H](Cn1cnc2c(N)ncnc21)OCP1(=O)OCCC(c2cccc(Cl)c2)O1. The number of halogens is 1. The second kappa shape index (κ2) is 8.38. The Balaban J connectivity index is 1.38. The quantitative estimate of drug-likeness (QED) is 0.579. The van der Waals surface area contributed by atoms with Crippen LogP contribution >= 0.6 is 19.2 Å². The number of hydrogen-bond acceptors (Lipinski definition) is 8. The average Bonchev–Trinajstić information content (AvgIpc) is 3.11. The predicted molar refractivity (Wildman–Crippen MR) is 109 cm³/mol. The molecule has 0 radical (unpaired) electrons. The number of imidazole rings is 1. The molecule has 0 spiro atoms. The molecule has 1 saturated heterocycles. The predicted octanol–water partition coefficient (Wildman–Crippen LogP) is 3.80. The molecule has 3 atom stereocenters. The lowest BCUT2D eigenvalue weighted by molar-refractivity contribution is 0.0340. The van der Waals surface area contributed by atoms with Crippen molar-refractivity contribution in [3.63, 3.8) is 0 Å². The maximum absolute atomic E-state index is 13.0. The maximum atomic E-state index is 13.0. The lowest BCUT2D eigenvalue weighted by Crippen LogP contribution is -2.21. The normalized spacial score (nSPS) is 23.3. The molecule has 154 valence electrons. The van der Waals surface area contributed by atoms with E-state index in [9.17, 15) is 4.57 Å². The van der Waals surface area contributed by atoms with Crippen LogP contribution < -0.4 is 5.73 Å². The fourth-order valence-electron chi connectivity index (χ4n) is 3.16. The summed E-state index contributed by atoms with van der Waals surface area (Å²) in [7, 11) is -3.39. The van der Waals surface area contributed by atoms with E-state index in [-0.39, 0.29) is 18.6 Å². The molecule has 2 unspecified atom stereocenters. The summed E-state index contributed by atoms with van der Waals surface area (Å²) in [6, 6.07) is 7.33. The van der Waals surface area contributed by atoms with E-state index >= 15 is 0 Å². The summed E-state index contributed by atoms with van der Waals surface area (Å²) in [5, 5.41) is 0.606. The number of benzene rings is 1. The Bertz CT molecular complexity index is 1060. The van der Waals surface area contributed by atoms with E-state index in [2.05, 4.69) is 15.0 Å². The number of aromatic nitrogens is 4. The maximum Gasteiger partial charge on any atom is 0.356 e. The number of hydrogen-bond donors (Lipinski definition) is 1. The van der Waals surface area contributed by atoms with Gasteiger partial charge in [0.1, 0.15) is 18.2 Å². The van der Waals surface area contributed by atoms with E-state index < -0.39 is 7.60 Å². The van der Waals surface area contributed by atoms with Gasteiger partial charge in [-0.2, -0.15) is 0 Å². The summed E-state index contributed by atoms with van der Waals surface area (Å²) in [6.07, 6.45) is 2.84. The number of nitrogen functional groups attached to an aromatic ring is 1. The Morgan fingerprint density at radius 2 is 2.28 bits per heavy atom. The molecule has 29 heavy (non-hydrogen) atoms. The summed E-state index contributed by atoms with van der Waals surface area (Å²) in [6.45, 7) is 2.64. The van der Waals surface area contributed by atoms with Gasteiger partial charge >= 0.3 is 7.60 Å². The molecule has 2 N–H and O–H groups in total. The van der Waals surface area contributed by atoms with Gasteiger partial charge in [0.15, 0.2) is 11.5 Å². The summed E-state index contributed by atoms with van der Waals surface area (Å²) >= 11 is 6.05. The van der Waals surface area contributed by atoms with Crippen molar-refractivity contribution < 1.29 is 18.3 Å². The number of rotatable bonds is 6. The van der Waals surface area contributed by atoms with Gasteiger partial charge in [0, 0.05) is 11.4 Å². The number of ether oxygens (including phenoxy) is 1. The lowest BCUT2D eigenvalue weighted by atomic mass is 10.1. The highest BCUT2D eigenvalue weighted by atomic mass is 35.5.